The first-order valence-corrected chi connectivity index (χ1v) is 6.19. The van der Waals surface area contributed by atoms with Gasteiger partial charge < -0.3 is 5.32 Å². The second-order valence-corrected chi connectivity index (χ2v) is 5.84. The number of rotatable bonds is 3. The van der Waals surface area contributed by atoms with Crippen LogP contribution in [-0.4, -0.2) is 7.05 Å². The van der Waals surface area contributed by atoms with Crippen LogP contribution in [0.2, 0.25) is 0 Å². The molecule has 1 N–H and O–H groups in total. The molecule has 0 aliphatic heterocycles. The van der Waals surface area contributed by atoms with Crippen LogP contribution in [-0.2, 0) is 0 Å². The molecule has 0 radical (unpaired) electrons. The molecule has 0 spiro atoms. The van der Waals surface area contributed by atoms with Crippen LogP contribution in [0.25, 0.3) is 0 Å². The van der Waals surface area contributed by atoms with Gasteiger partial charge in [0.15, 0.2) is 0 Å². The largest absolute Gasteiger partial charge is 0.312 e. The van der Waals surface area contributed by atoms with E-state index in [4.69, 9.17) is 0 Å². The topological polar surface area (TPSA) is 12.0 Å². The molecule has 1 nitrogen and oxygen atoms in total. The fourth-order valence-corrected chi connectivity index (χ4v) is 3.55. The maximum atomic E-state index is 3.48. The molecule has 1 aliphatic carbocycles. The Morgan fingerprint density at radius 3 is 2.50 bits per heavy atom. The van der Waals surface area contributed by atoms with E-state index in [-0.39, 0.29) is 0 Å². The molecule has 1 saturated carbocycles. The summed E-state index contributed by atoms with van der Waals surface area (Å²) in [5, 5.41) is 3.48. The van der Waals surface area contributed by atoms with Crippen LogP contribution in [0.15, 0.2) is 6.07 Å². The van der Waals surface area contributed by atoms with Gasteiger partial charge >= 0.3 is 0 Å². The Kier molecular flexibility index (Phi) is 2.67. The predicted octanol–water partition coefficient (Wildman–Crippen LogP) is 3.28. The van der Waals surface area contributed by atoms with Crippen LogP contribution in [0.5, 0.6) is 0 Å². The molecule has 0 amide bonds. The van der Waals surface area contributed by atoms with Crippen molar-refractivity contribution in [1.29, 1.82) is 0 Å². The Morgan fingerprint density at radius 1 is 1.50 bits per heavy atom. The smallest absolute Gasteiger partial charge is 0.0446 e. The van der Waals surface area contributed by atoms with Crippen molar-refractivity contribution >= 4 is 11.3 Å². The molecule has 1 fully saturated rings. The highest BCUT2D eigenvalue weighted by Crippen LogP contribution is 2.48. The summed E-state index contributed by atoms with van der Waals surface area (Å²) in [4.78, 5) is 2.99. The van der Waals surface area contributed by atoms with Crippen molar-refractivity contribution in [1.82, 2.24) is 5.32 Å². The quantitative estimate of drug-likeness (QED) is 0.805. The van der Waals surface area contributed by atoms with Crippen LogP contribution in [0.1, 0.15) is 34.7 Å². The summed E-state index contributed by atoms with van der Waals surface area (Å²) in [7, 11) is 2.09. The number of thiophene rings is 1. The van der Waals surface area contributed by atoms with E-state index in [1.807, 2.05) is 11.3 Å². The average molecular weight is 209 g/mol. The van der Waals surface area contributed by atoms with Gasteiger partial charge in [0.05, 0.1) is 0 Å². The zero-order valence-corrected chi connectivity index (χ0v) is 10.2. The lowest BCUT2D eigenvalue weighted by molar-refractivity contribution is 0.510. The van der Waals surface area contributed by atoms with Gasteiger partial charge in [-0.05, 0) is 50.8 Å². The van der Waals surface area contributed by atoms with Crippen molar-refractivity contribution in [3.8, 4) is 0 Å². The molecule has 14 heavy (non-hydrogen) atoms. The van der Waals surface area contributed by atoms with E-state index < -0.39 is 0 Å². The van der Waals surface area contributed by atoms with E-state index in [0.717, 1.165) is 11.8 Å². The molecule has 1 heterocycles. The minimum Gasteiger partial charge on any atom is -0.312 e. The lowest BCUT2D eigenvalue weighted by Crippen LogP contribution is -2.18. The molecule has 1 aromatic rings. The highest BCUT2D eigenvalue weighted by molar-refractivity contribution is 7.12. The van der Waals surface area contributed by atoms with Gasteiger partial charge in [-0.1, -0.05) is 6.92 Å². The third-order valence-corrected chi connectivity index (χ3v) is 4.51. The van der Waals surface area contributed by atoms with Crippen LogP contribution < -0.4 is 5.32 Å². The first kappa shape index (κ1) is 10.2. The van der Waals surface area contributed by atoms with Gasteiger partial charge in [0.1, 0.15) is 0 Å². The van der Waals surface area contributed by atoms with Crippen LogP contribution in [0.3, 0.4) is 0 Å². The van der Waals surface area contributed by atoms with Gasteiger partial charge in [-0.2, -0.15) is 0 Å². The molecule has 0 aromatic carbocycles. The highest BCUT2D eigenvalue weighted by Gasteiger charge is 2.40. The first-order chi connectivity index (χ1) is 6.63. The van der Waals surface area contributed by atoms with Crippen LogP contribution in [0, 0.1) is 25.7 Å². The Labute approximate surface area is 90.5 Å². The average Bonchev–Trinajstić information content (AvgIpc) is 2.72. The molecule has 0 saturated heterocycles. The second-order valence-electron chi connectivity index (χ2n) is 4.55. The SMILES string of the molecule is CNC(c1sc(C)cc1C)C1CC1C. The molecule has 1 aliphatic rings. The van der Waals surface area contributed by atoms with Gasteiger partial charge in [0.25, 0.3) is 0 Å². The first-order valence-electron chi connectivity index (χ1n) is 5.37. The zero-order chi connectivity index (χ0) is 10.3. The van der Waals surface area contributed by atoms with E-state index in [1.165, 1.54) is 16.9 Å². The lowest BCUT2D eigenvalue weighted by atomic mass is 10.1. The minimum atomic E-state index is 0.601. The number of hydrogen-bond acceptors (Lipinski definition) is 2. The molecule has 1 aromatic heterocycles. The van der Waals surface area contributed by atoms with Crippen molar-refractivity contribution in [3.63, 3.8) is 0 Å². The van der Waals surface area contributed by atoms with Crippen molar-refractivity contribution in [3.05, 3.63) is 21.4 Å². The summed E-state index contributed by atoms with van der Waals surface area (Å²) < 4.78 is 0. The fourth-order valence-electron chi connectivity index (χ4n) is 2.32. The van der Waals surface area contributed by atoms with Gasteiger partial charge in [-0.25, -0.2) is 0 Å². The van der Waals surface area contributed by atoms with Crippen molar-refractivity contribution in [2.24, 2.45) is 11.8 Å². The predicted molar refractivity (Wildman–Crippen MR) is 62.9 cm³/mol. The summed E-state index contributed by atoms with van der Waals surface area (Å²) in [5.74, 6) is 1.78. The van der Waals surface area contributed by atoms with E-state index >= 15 is 0 Å². The molecular formula is C12H19NS. The Morgan fingerprint density at radius 2 is 2.14 bits per heavy atom. The number of hydrogen-bond donors (Lipinski definition) is 1. The normalized spacial score (nSPS) is 27.7. The Bertz CT molecular complexity index is 329. The van der Waals surface area contributed by atoms with Crippen molar-refractivity contribution in [2.45, 2.75) is 33.2 Å². The molecule has 0 bridgehead atoms. The third-order valence-electron chi connectivity index (χ3n) is 3.27. The van der Waals surface area contributed by atoms with Gasteiger partial charge in [-0.15, -0.1) is 11.3 Å². The monoisotopic (exact) mass is 209 g/mol. The minimum absolute atomic E-state index is 0.601. The molecule has 2 heteroatoms. The highest BCUT2D eigenvalue weighted by atomic mass is 32.1. The van der Waals surface area contributed by atoms with E-state index in [1.54, 1.807) is 4.88 Å². The van der Waals surface area contributed by atoms with Gasteiger partial charge in [-0.3, -0.25) is 0 Å². The van der Waals surface area contributed by atoms with E-state index in [2.05, 4.69) is 39.2 Å². The van der Waals surface area contributed by atoms with Crippen molar-refractivity contribution in [2.75, 3.05) is 7.05 Å². The van der Waals surface area contributed by atoms with Gasteiger partial charge in [0, 0.05) is 15.8 Å². The Hall–Kier alpha value is -0.340. The van der Waals surface area contributed by atoms with Crippen LogP contribution in [0.4, 0.5) is 0 Å². The summed E-state index contributed by atoms with van der Waals surface area (Å²) in [6.45, 7) is 6.78. The standard InChI is InChI=1S/C12H19NS/c1-7-6-10(7)11(13-4)12-8(2)5-9(3)14-12/h5,7,10-11,13H,6H2,1-4H3. The summed E-state index contributed by atoms with van der Waals surface area (Å²) in [6, 6.07) is 2.90. The maximum absolute atomic E-state index is 3.48. The molecule has 2 rings (SSSR count). The Balaban J connectivity index is 2.23. The van der Waals surface area contributed by atoms with E-state index in [9.17, 15) is 0 Å². The maximum Gasteiger partial charge on any atom is 0.0446 e. The third kappa shape index (κ3) is 1.73. The second kappa shape index (κ2) is 3.67. The molecule has 78 valence electrons. The van der Waals surface area contributed by atoms with Gasteiger partial charge in [0.2, 0.25) is 0 Å². The molecular weight excluding hydrogens is 190 g/mol. The summed E-state index contributed by atoms with van der Waals surface area (Å²) in [6.07, 6.45) is 1.39. The van der Waals surface area contributed by atoms with Crippen molar-refractivity contribution < 1.29 is 0 Å². The fraction of sp³-hybridized carbons (Fsp3) is 0.667. The number of nitrogens with one attached hydrogen (secondary N) is 1. The number of aryl methyl sites for hydroxylation is 2. The van der Waals surface area contributed by atoms with Crippen LogP contribution >= 0.6 is 11.3 Å². The molecule has 3 unspecified atom stereocenters. The molecule has 3 atom stereocenters. The summed E-state index contributed by atoms with van der Waals surface area (Å²) >= 11 is 1.95. The summed E-state index contributed by atoms with van der Waals surface area (Å²) in [5.41, 5.74) is 1.46. The lowest BCUT2D eigenvalue weighted by Gasteiger charge is -2.15. The van der Waals surface area contributed by atoms with E-state index in [0.29, 0.717) is 6.04 Å². The zero-order valence-electron chi connectivity index (χ0n) is 9.42.